The van der Waals surface area contributed by atoms with Gasteiger partial charge >= 0.3 is 0 Å². The molecule has 1 aliphatic heterocycles. The zero-order valence-electron chi connectivity index (χ0n) is 15.7. The average molecular weight is 345 g/mol. The van der Waals surface area contributed by atoms with E-state index in [2.05, 4.69) is 28.5 Å². The third kappa shape index (κ3) is 6.50. The minimum atomic E-state index is 0.0100. The third-order valence-electron chi connectivity index (χ3n) is 4.66. The smallest absolute Gasteiger partial charge is 0.238 e. The Hall–Kier alpha value is -1.88. The molecule has 1 saturated heterocycles. The van der Waals surface area contributed by atoms with E-state index in [1.807, 2.05) is 26.0 Å². The van der Waals surface area contributed by atoms with Crippen LogP contribution in [-0.2, 0) is 9.59 Å². The van der Waals surface area contributed by atoms with Crippen LogP contribution in [-0.4, -0.2) is 42.9 Å². The molecule has 1 aromatic rings. The summed E-state index contributed by atoms with van der Waals surface area (Å²) in [6.45, 7) is 8.93. The number of anilines is 1. The van der Waals surface area contributed by atoms with E-state index < -0.39 is 0 Å². The first-order valence-corrected chi connectivity index (χ1v) is 9.36. The number of hydrogen-bond acceptors (Lipinski definition) is 3. The quantitative estimate of drug-likeness (QED) is 0.747. The van der Waals surface area contributed by atoms with E-state index in [4.69, 9.17) is 0 Å². The first-order chi connectivity index (χ1) is 12.0. The van der Waals surface area contributed by atoms with E-state index in [0.717, 1.165) is 62.1 Å². The van der Waals surface area contributed by atoms with Crippen LogP contribution in [0.1, 0.15) is 43.7 Å². The summed E-state index contributed by atoms with van der Waals surface area (Å²) < 4.78 is 0. The number of carbonyl (C=O) groups excluding carboxylic acids is 2. The van der Waals surface area contributed by atoms with Crippen LogP contribution >= 0.6 is 0 Å². The average Bonchev–Trinajstić information content (AvgIpc) is 2.54. The van der Waals surface area contributed by atoms with Crippen LogP contribution in [0.2, 0.25) is 0 Å². The summed E-state index contributed by atoms with van der Waals surface area (Å²) in [6, 6.07) is 6.06. The van der Waals surface area contributed by atoms with Gasteiger partial charge in [0, 0.05) is 18.2 Å². The van der Waals surface area contributed by atoms with Crippen LogP contribution in [0.3, 0.4) is 0 Å². The number of carbonyl (C=O) groups is 2. The highest BCUT2D eigenvalue weighted by molar-refractivity contribution is 5.92. The standard InChI is InChI=1S/C20H31N3O2/c1-4-5-8-21-20(25)17-6-9-23(10-7-17)14-19(24)22-18-12-15(2)11-16(3)13-18/h11-13,17H,4-10,14H2,1-3H3,(H,21,25)(H,22,24). The molecule has 2 N–H and O–H groups in total. The second-order valence-corrected chi connectivity index (χ2v) is 7.12. The van der Waals surface area contributed by atoms with Crippen LogP contribution in [0, 0.1) is 19.8 Å². The van der Waals surface area contributed by atoms with E-state index in [-0.39, 0.29) is 17.7 Å². The Bertz CT molecular complexity index is 572. The fourth-order valence-electron chi connectivity index (χ4n) is 3.34. The molecule has 1 aromatic carbocycles. The Morgan fingerprint density at radius 1 is 1.12 bits per heavy atom. The number of nitrogens with zero attached hydrogens (tertiary/aromatic N) is 1. The largest absolute Gasteiger partial charge is 0.356 e. The molecule has 0 unspecified atom stereocenters. The first kappa shape index (κ1) is 19.4. The number of nitrogens with one attached hydrogen (secondary N) is 2. The molecular weight excluding hydrogens is 314 g/mol. The second kappa shape index (κ2) is 9.56. The molecule has 5 heteroatoms. The number of aryl methyl sites for hydroxylation is 2. The Balaban J connectivity index is 1.74. The molecule has 0 aliphatic carbocycles. The summed E-state index contributed by atoms with van der Waals surface area (Å²) in [5.41, 5.74) is 3.14. The molecule has 25 heavy (non-hydrogen) atoms. The number of hydrogen-bond donors (Lipinski definition) is 2. The van der Waals surface area contributed by atoms with Gasteiger partial charge in [-0.05, 0) is 69.5 Å². The number of piperidine rings is 1. The maximum absolute atomic E-state index is 12.3. The van der Waals surface area contributed by atoms with Gasteiger partial charge in [-0.25, -0.2) is 0 Å². The summed E-state index contributed by atoms with van der Waals surface area (Å²) in [7, 11) is 0. The van der Waals surface area contributed by atoms with Gasteiger partial charge in [0.05, 0.1) is 6.54 Å². The summed E-state index contributed by atoms with van der Waals surface area (Å²) in [5.74, 6) is 0.277. The molecule has 0 radical (unpaired) electrons. The van der Waals surface area contributed by atoms with Gasteiger partial charge in [-0.15, -0.1) is 0 Å². The lowest BCUT2D eigenvalue weighted by Gasteiger charge is -2.30. The van der Waals surface area contributed by atoms with Crippen molar-refractivity contribution in [2.24, 2.45) is 5.92 Å². The number of likely N-dealkylation sites (tertiary alicyclic amines) is 1. The highest BCUT2D eigenvalue weighted by Gasteiger charge is 2.25. The molecular formula is C20H31N3O2. The maximum atomic E-state index is 12.3. The molecule has 2 amide bonds. The van der Waals surface area contributed by atoms with Crippen LogP contribution in [0.15, 0.2) is 18.2 Å². The van der Waals surface area contributed by atoms with Gasteiger partial charge in [-0.1, -0.05) is 19.4 Å². The van der Waals surface area contributed by atoms with E-state index in [1.165, 1.54) is 0 Å². The van der Waals surface area contributed by atoms with Gasteiger partial charge in [0.25, 0.3) is 0 Å². The topological polar surface area (TPSA) is 61.4 Å². The van der Waals surface area contributed by atoms with Crippen molar-refractivity contribution in [1.29, 1.82) is 0 Å². The number of rotatable bonds is 7. The molecule has 0 saturated carbocycles. The number of amides is 2. The van der Waals surface area contributed by atoms with Gasteiger partial charge in [0.1, 0.15) is 0 Å². The van der Waals surface area contributed by atoms with Crippen molar-refractivity contribution in [3.05, 3.63) is 29.3 Å². The summed E-state index contributed by atoms with van der Waals surface area (Å²) >= 11 is 0. The Labute approximate surface area is 151 Å². The molecule has 1 aliphatic rings. The Morgan fingerprint density at radius 3 is 2.36 bits per heavy atom. The summed E-state index contributed by atoms with van der Waals surface area (Å²) in [6.07, 6.45) is 3.78. The van der Waals surface area contributed by atoms with Gasteiger partial charge in [-0.2, -0.15) is 0 Å². The van der Waals surface area contributed by atoms with Crippen molar-refractivity contribution in [3.63, 3.8) is 0 Å². The molecule has 1 heterocycles. The zero-order chi connectivity index (χ0) is 18.2. The highest BCUT2D eigenvalue weighted by Crippen LogP contribution is 2.18. The van der Waals surface area contributed by atoms with Gasteiger partial charge in [0.15, 0.2) is 0 Å². The lowest BCUT2D eigenvalue weighted by molar-refractivity contribution is -0.126. The maximum Gasteiger partial charge on any atom is 0.238 e. The zero-order valence-corrected chi connectivity index (χ0v) is 15.7. The molecule has 0 bridgehead atoms. The predicted octanol–water partition coefficient (Wildman–Crippen LogP) is 2.87. The number of benzene rings is 1. The highest BCUT2D eigenvalue weighted by atomic mass is 16.2. The SMILES string of the molecule is CCCCNC(=O)C1CCN(CC(=O)Nc2cc(C)cc(C)c2)CC1. The fourth-order valence-corrected chi connectivity index (χ4v) is 3.34. The van der Waals surface area contributed by atoms with Gasteiger partial charge < -0.3 is 10.6 Å². The van der Waals surface area contributed by atoms with Crippen LogP contribution in [0.25, 0.3) is 0 Å². The van der Waals surface area contributed by atoms with E-state index >= 15 is 0 Å². The third-order valence-corrected chi connectivity index (χ3v) is 4.66. The van der Waals surface area contributed by atoms with E-state index in [1.54, 1.807) is 0 Å². The molecule has 138 valence electrons. The van der Waals surface area contributed by atoms with Crippen molar-refractivity contribution >= 4 is 17.5 Å². The van der Waals surface area contributed by atoms with Crippen molar-refractivity contribution in [2.45, 2.75) is 46.5 Å². The normalized spacial score (nSPS) is 15.8. The monoisotopic (exact) mass is 345 g/mol. The first-order valence-electron chi connectivity index (χ1n) is 9.36. The van der Waals surface area contributed by atoms with E-state index in [0.29, 0.717) is 6.54 Å². The summed E-state index contributed by atoms with van der Waals surface area (Å²) in [4.78, 5) is 26.5. The minimum Gasteiger partial charge on any atom is -0.356 e. The predicted molar refractivity (Wildman–Crippen MR) is 102 cm³/mol. The van der Waals surface area contributed by atoms with Crippen molar-refractivity contribution in [1.82, 2.24) is 10.2 Å². The number of unbranched alkanes of at least 4 members (excludes halogenated alkanes) is 1. The molecule has 0 atom stereocenters. The Kier molecular flexibility index (Phi) is 7.44. The summed E-state index contributed by atoms with van der Waals surface area (Å²) in [5, 5.41) is 5.99. The van der Waals surface area contributed by atoms with E-state index in [9.17, 15) is 9.59 Å². The van der Waals surface area contributed by atoms with Crippen molar-refractivity contribution in [2.75, 3.05) is 31.5 Å². The molecule has 5 nitrogen and oxygen atoms in total. The van der Waals surface area contributed by atoms with Gasteiger partial charge in [0.2, 0.25) is 11.8 Å². The lowest BCUT2D eigenvalue weighted by atomic mass is 9.96. The fraction of sp³-hybridized carbons (Fsp3) is 0.600. The second-order valence-electron chi connectivity index (χ2n) is 7.12. The minimum absolute atomic E-state index is 0.0100. The van der Waals surface area contributed by atoms with Crippen molar-refractivity contribution in [3.8, 4) is 0 Å². The van der Waals surface area contributed by atoms with Crippen molar-refractivity contribution < 1.29 is 9.59 Å². The lowest BCUT2D eigenvalue weighted by Crippen LogP contribution is -2.43. The van der Waals surface area contributed by atoms with Crippen LogP contribution in [0.5, 0.6) is 0 Å². The molecule has 0 aromatic heterocycles. The van der Waals surface area contributed by atoms with Gasteiger partial charge in [-0.3, -0.25) is 14.5 Å². The Morgan fingerprint density at radius 2 is 1.76 bits per heavy atom. The van der Waals surface area contributed by atoms with Crippen LogP contribution < -0.4 is 10.6 Å². The molecule has 0 spiro atoms. The molecule has 1 fully saturated rings. The molecule has 2 rings (SSSR count). The van der Waals surface area contributed by atoms with Crippen LogP contribution in [0.4, 0.5) is 5.69 Å².